The average Bonchev–Trinajstić information content (AvgIpc) is 3.01. The van der Waals surface area contributed by atoms with Crippen LogP contribution in [0.4, 0.5) is 0 Å². The third-order valence-corrected chi connectivity index (χ3v) is 5.25. The van der Waals surface area contributed by atoms with Crippen LogP contribution in [0, 0.1) is 11.8 Å². The van der Waals surface area contributed by atoms with Gasteiger partial charge in [-0.05, 0) is 41.0 Å². The Balaban J connectivity index is 1.89. The van der Waals surface area contributed by atoms with Crippen LogP contribution in [0.15, 0.2) is 53.3 Å². The summed E-state index contributed by atoms with van der Waals surface area (Å²) in [6.45, 7) is 9.54. The number of carboxylic acids is 1. The molecule has 3 rings (SSSR count). The summed E-state index contributed by atoms with van der Waals surface area (Å²) in [7, 11) is 0. The zero-order valence-electron chi connectivity index (χ0n) is 18.7. The molecular weight excluding hydrogens is 390 g/mol. The van der Waals surface area contributed by atoms with Gasteiger partial charge in [0.1, 0.15) is 5.82 Å². The fourth-order valence-corrected chi connectivity index (χ4v) is 3.61. The number of carbonyl (C=O) groups is 1. The van der Waals surface area contributed by atoms with Gasteiger partial charge in [0, 0.05) is 13.0 Å². The van der Waals surface area contributed by atoms with Gasteiger partial charge < -0.3 is 5.11 Å². The Morgan fingerprint density at radius 1 is 1.00 bits per heavy atom. The van der Waals surface area contributed by atoms with E-state index in [2.05, 4.69) is 32.8 Å². The Kier molecular flexibility index (Phi) is 7.10. The van der Waals surface area contributed by atoms with Crippen LogP contribution >= 0.6 is 0 Å². The van der Waals surface area contributed by atoms with E-state index in [1.165, 1.54) is 0 Å². The Morgan fingerprint density at radius 3 is 2.29 bits per heavy atom. The largest absolute Gasteiger partial charge is 0.478 e. The molecule has 1 heterocycles. The molecule has 6 heteroatoms. The molecule has 3 aromatic rings. The van der Waals surface area contributed by atoms with Gasteiger partial charge in [-0.1, -0.05) is 70.2 Å². The maximum Gasteiger partial charge on any atom is 0.346 e. The van der Waals surface area contributed by atoms with Crippen molar-refractivity contribution in [3.05, 3.63) is 76.0 Å². The molecule has 164 valence electrons. The Morgan fingerprint density at radius 2 is 1.68 bits per heavy atom. The molecule has 0 saturated heterocycles. The Hall–Kier alpha value is -3.15. The normalized spacial score (nSPS) is 11.4. The monoisotopic (exact) mass is 421 g/mol. The zero-order valence-corrected chi connectivity index (χ0v) is 18.7. The van der Waals surface area contributed by atoms with Crippen molar-refractivity contribution in [2.45, 2.75) is 53.6 Å². The van der Waals surface area contributed by atoms with Gasteiger partial charge in [0.2, 0.25) is 0 Å². The minimum Gasteiger partial charge on any atom is -0.478 e. The summed E-state index contributed by atoms with van der Waals surface area (Å²) in [6, 6.07) is 14.7. The lowest BCUT2D eigenvalue weighted by atomic mass is 9.99. The molecule has 0 fully saturated rings. The van der Waals surface area contributed by atoms with E-state index in [4.69, 9.17) is 0 Å². The SMILES string of the molecule is CC(C)CCc1nn(CC(C)C)c(=O)n1Cc1ccc(-c2ccccc2C(=O)O)cc1. The molecule has 2 aromatic carbocycles. The minimum absolute atomic E-state index is 0.0762. The lowest BCUT2D eigenvalue weighted by Gasteiger charge is -2.09. The van der Waals surface area contributed by atoms with Crippen LogP contribution in [0.2, 0.25) is 0 Å². The summed E-state index contributed by atoms with van der Waals surface area (Å²) >= 11 is 0. The summed E-state index contributed by atoms with van der Waals surface area (Å²) in [5, 5.41) is 14.1. The molecule has 1 N–H and O–H groups in total. The predicted molar refractivity (Wildman–Crippen MR) is 122 cm³/mol. The maximum absolute atomic E-state index is 13.0. The second kappa shape index (κ2) is 9.77. The number of aryl methyl sites for hydroxylation is 1. The maximum atomic E-state index is 13.0. The lowest BCUT2D eigenvalue weighted by molar-refractivity contribution is 0.0697. The van der Waals surface area contributed by atoms with Crippen LogP contribution in [0.5, 0.6) is 0 Å². The van der Waals surface area contributed by atoms with Crippen LogP contribution in [-0.4, -0.2) is 25.4 Å². The van der Waals surface area contributed by atoms with Gasteiger partial charge in [0.15, 0.2) is 0 Å². The highest BCUT2D eigenvalue weighted by atomic mass is 16.4. The summed E-state index contributed by atoms with van der Waals surface area (Å²) in [6.07, 6.45) is 1.74. The molecule has 0 amide bonds. The molecule has 0 saturated carbocycles. The highest BCUT2D eigenvalue weighted by Gasteiger charge is 2.16. The van der Waals surface area contributed by atoms with Gasteiger partial charge in [-0.25, -0.2) is 14.3 Å². The molecule has 0 atom stereocenters. The Bertz CT molecular complexity index is 1090. The van der Waals surface area contributed by atoms with Crippen molar-refractivity contribution in [2.75, 3.05) is 0 Å². The first-order valence-corrected chi connectivity index (χ1v) is 10.8. The number of hydrogen-bond donors (Lipinski definition) is 1. The fraction of sp³-hybridized carbons (Fsp3) is 0.400. The summed E-state index contributed by atoms with van der Waals surface area (Å²) in [5.41, 5.74) is 2.70. The van der Waals surface area contributed by atoms with E-state index in [-0.39, 0.29) is 11.3 Å². The molecule has 1 aromatic heterocycles. The standard InChI is InChI=1S/C25H31N3O3/c1-17(2)9-14-23-26-28(15-18(3)4)25(31)27(23)16-19-10-12-20(13-11-19)21-7-5-6-8-22(21)24(29)30/h5-8,10-13,17-18H,9,14-16H2,1-4H3,(H,29,30). The molecule has 0 aliphatic heterocycles. The van der Waals surface area contributed by atoms with E-state index in [0.717, 1.165) is 29.8 Å². The van der Waals surface area contributed by atoms with Gasteiger partial charge in [-0.3, -0.25) is 4.57 Å². The van der Waals surface area contributed by atoms with Gasteiger partial charge in [0.05, 0.1) is 12.1 Å². The minimum atomic E-state index is -0.946. The van der Waals surface area contributed by atoms with Crippen molar-refractivity contribution in [2.24, 2.45) is 11.8 Å². The van der Waals surface area contributed by atoms with E-state index in [1.807, 2.05) is 36.4 Å². The van der Waals surface area contributed by atoms with Crippen molar-refractivity contribution < 1.29 is 9.90 Å². The van der Waals surface area contributed by atoms with Crippen molar-refractivity contribution in [1.29, 1.82) is 0 Å². The van der Waals surface area contributed by atoms with Gasteiger partial charge >= 0.3 is 11.7 Å². The molecule has 0 aliphatic rings. The molecule has 0 unspecified atom stereocenters. The topological polar surface area (TPSA) is 77.1 Å². The third-order valence-electron chi connectivity index (χ3n) is 5.25. The van der Waals surface area contributed by atoms with Gasteiger partial charge in [0.25, 0.3) is 0 Å². The summed E-state index contributed by atoms with van der Waals surface area (Å²) in [5.74, 6) is 0.748. The van der Waals surface area contributed by atoms with Crippen molar-refractivity contribution >= 4 is 5.97 Å². The molecule has 0 radical (unpaired) electrons. The first-order chi connectivity index (χ1) is 14.8. The van der Waals surface area contributed by atoms with E-state index >= 15 is 0 Å². The number of rotatable bonds is 9. The smallest absolute Gasteiger partial charge is 0.346 e. The third kappa shape index (κ3) is 5.51. The quantitative estimate of drug-likeness (QED) is 0.543. The van der Waals surface area contributed by atoms with E-state index < -0.39 is 5.97 Å². The van der Waals surface area contributed by atoms with Crippen molar-refractivity contribution in [3.63, 3.8) is 0 Å². The Labute approximate surface area is 183 Å². The molecule has 31 heavy (non-hydrogen) atoms. The number of nitrogens with zero attached hydrogens (tertiary/aromatic N) is 3. The van der Waals surface area contributed by atoms with Crippen LogP contribution in [0.3, 0.4) is 0 Å². The van der Waals surface area contributed by atoms with E-state index in [0.29, 0.717) is 30.5 Å². The van der Waals surface area contributed by atoms with Crippen LogP contribution in [0.1, 0.15) is 55.9 Å². The summed E-state index contributed by atoms with van der Waals surface area (Å²) < 4.78 is 3.35. The zero-order chi connectivity index (χ0) is 22.5. The van der Waals surface area contributed by atoms with Crippen LogP contribution in [-0.2, 0) is 19.5 Å². The molecule has 0 bridgehead atoms. The number of aromatic nitrogens is 3. The number of benzene rings is 2. The average molecular weight is 422 g/mol. The fourth-order valence-electron chi connectivity index (χ4n) is 3.61. The summed E-state index contributed by atoms with van der Waals surface area (Å²) in [4.78, 5) is 24.5. The molecule has 0 aliphatic carbocycles. The molecule has 6 nitrogen and oxygen atoms in total. The highest BCUT2D eigenvalue weighted by Crippen LogP contribution is 2.24. The second-order valence-corrected chi connectivity index (χ2v) is 8.84. The van der Waals surface area contributed by atoms with E-state index in [9.17, 15) is 14.7 Å². The van der Waals surface area contributed by atoms with Crippen molar-refractivity contribution in [3.8, 4) is 11.1 Å². The van der Waals surface area contributed by atoms with Gasteiger partial charge in [-0.15, -0.1) is 0 Å². The number of hydrogen-bond acceptors (Lipinski definition) is 3. The van der Waals surface area contributed by atoms with Gasteiger partial charge in [-0.2, -0.15) is 5.10 Å². The predicted octanol–water partition coefficient (Wildman–Crippen LogP) is 4.70. The number of aromatic carboxylic acids is 1. The number of carboxylic acid groups (broad SMARTS) is 1. The molecule has 0 spiro atoms. The first kappa shape index (κ1) is 22.5. The first-order valence-electron chi connectivity index (χ1n) is 10.8. The second-order valence-electron chi connectivity index (χ2n) is 8.84. The van der Waals surface area contributed by atoms with Crippen molar-refractivity contribution in [1.82, 2.24) is 14.3 Å². The van der Waals surface area contributed by atoms with E-state index in [1.54, 1.807) is 21.4 Å². The molecular formula is C25H31N3O3. The lowest BCUT2D eigenvalue weighted by Crippen LogP contribution is -2.27. The highest BCUT2D eigenvalue weighted by molar-refractivity contribution is 5.95. The van der Waals surface area contributed by atoms with Crippen LogP contribution < -0.4 is 5.69 Å². The van der Waals surface area contributed by atoms with Crippen LogP contribution in [0.25, 0.3) is 11.1 Å².